The van der Waals surface area contributed by atoms with E-state index < -0.39 is 35.1 Å². The van der Waals surface area contributed by atoms with Gasteiger partial charge in [0.25, 0.3) is 5.56 Å². The van der Waals surface area contributed by atoms with Gasteiger partial charge in [-0.05, 0) is 59.3 Å². The maximum Gasteiger partial charge on any atom is 0.343 e. The highest BCUT2D eigenvalue weighted by Gasteiger charge is 2.46. The van der Waals surface area contributed by atoms with Crippen LogP contribution >= 0.6 is 15.9 Å². The minimum absolute atomic E-state index is 0.0188. The maximum atomic E-state index is 14.9. The third-order valence-electron chi connectivity index (χ3n) is 7.86. The Hall–Kier alpha value is -3.15. The van der Waals surface area contributed by atoms with Gasteiger partial charge in [-0.2, -0.15) is 0 Å². The molecule has 0 unspecified atom stereocenters. The number of cyclic esters (lactones) is 1. The summed E-state index contributed by atoms with van der Waals surface area (Å²) in [5.74, 6) is -1.60. The first-order valence-electron chi connectivity index (χ1n) is 12.5. The average Bonchev–Trinajstić information content (AvgIpc) is 3.24. The number of benzene rings is 1. The maximum absolute atomic E-state index is 14.9. The monoisotopic (exact) mass is 585 g/mol. The third-order valence-corrected chi connectivity index (χ3v) is 8.72. The summed E-state index contributed by atoms with van der Waals surface area (Å²) in [6, 6.07) is 2.49. The highest BCUT2D eigenvalue weighted by atomic mass is 79.9. The lowest BCUT2D eigenvalue weighted by atomic mass is 9.83. The molecular formula is C27H25BrFN3O6. The van der Waals surface area contributed by atoms with Gasteiger partial charge in [-0.15, -0.1) is 0 Å². The Kier molecular flexibility index (Phi) is 5.75. The van der Waals surface area contributed by atoms with E-state index in [2.05, 4.69) is 21.2 Å². The summed E-state index contributed by atoms with van der Waals surface area (Å²) in [5.41, 5.74) is 1.49. The van der Waals surface area contributed by atoms with Crippen molar-refractivity contribution in [2.24, 2.45) is 0 Å². The SMILES string of the molecule is CC[C@@]1(O)C(=O)OCc2c1cc1n(c2=O)Cc2c-1nc1cc(F)c(Br)c3c1c2[C@@H](NC(=O)C[C@H](C)O)CC3. The van der Waals surface area contributed by atoms with E-state index in [1.54, 1.807) is 13.0 Å². The number of carbonyl (C=O) groups is 2. The molecule has 3 aliphatic rings. The molecule has 0 saturated heterocycles. The predicted octanol–water partition coefficient (Wildman–Crippen LogP) is 2.86. The molecule has 3 aromatic rings. The number of hydrogen-bond acceptors (Lipinski definition) is 7. The molecule has 0 fully saturated rings. The molecule has 198 valence electrons. The lowest BCUT2D eigenvalue weighted by Gasteiger charge is -2.31. The van der Waals surface area contributed by atoms with Crippen LogP contribution in [-0.2, 0) is 39.5 Å². The second-order valence-corrected chi connectivity index (χ2v) is 11.0. The highest BCUT2D eigenvalue weighted by Crippen LogP contribution is 2.46. The van der Waals surface area contributed by atoms with Gasteiger partial charge in [0, 0.05) is 22.6 Å². The smallest absolute Gasteiger partial charge is 0.343 e. The number of aliphatic hydroxyl groups is 2. The number of ether oxygens (including phenoxy) is 1. The molecule has 3 N–H and O–H groups in total. The van der Waals surface area contributed by atoms with Crippen molar-refractivity contribution in [1.29, 1.82) is 0 Å². The van der Waals surface area contributed by atoms with Crippen molar-refractivity contribution in [3.05, 3.63) is 60.6 Å². The Morgan fingerprint density at radius 1 is 1.34 bits per heavy atom. The minimum Gasteiger partial charge on any atom is -0.458 e. The van der Waals surface area contributed by atoms with Gasteiger partial charge in [0.05, 0.1) is 52.1 Å². The number of halogens is 2. The first-order chi connectivity index (χ1) is 18.0. The van der Waals surface area contributed by atoms with Crippen LogP contribution in [0.3, 0.4) is 0 Å². The van der Waals surface area contributed by atoms with E-state index in [-0.39, 0.29) is 43.0 Å². The van der Waals surface area contributed by atoms with E-state index in [1.165, 1.54) is 17.6 Å². The lowest BCUT2D eigenvalue weighted by molar-refractivity contribution is -0.172. The van der Waals surface area contributed by atoms with E-state index in [4.69, 9.17) is 9.72 Å². The molecule has 0 spiro atoms. The molecular weight excluding hydrogens is 561 g/mol. The number of esters is 1. The fraction of sp³-hybridized carbons (Fsp3) is 0.407. The Balaban J connectivity index is 1.61. The summed E-state index contributed by atoms with van der Waals surface area (Å²) in [6.45, 7) is 3.09. The van der Waals surface area contributed by atoms with Crippen molar-refractivity contribution in [2.45, 2.75) is 70.4 Å². The first-order valence-corrected chi connectivity index (χ1v) is 13.3. The van der Waals surface area contributed by atoms with Gasteiger partial charge < -0.3 is 24.8 Å². The summed E-state index contributed by atoms with van der Waals surface area (Å²) in [7, 11) is 0. The Morgan fingerprint density at radius 3 is 2.82 bits per heavy atom. The number of hydrogen-bond donors (Lipinski definition) is 3. The molecule has 0 saturated carbocycles. The van der Waals surface area contributed by atoms with Crippen LogP contribution in [0.5, 0.6) is 0 Å². The average molecular weight is 586 g/mol. The molecule has 2 aliphatic heterocycles. The third kappa shape index (κ3) is 3.48. The second-order valence-electron chi connectivity index (χ2n) is 10.2. The topological polar surface area (TPSA) is 131 Å². The van der Waals surface area contributed by atoms with Crippen LogP contribution < -0.4 is 10.9 Å². The zero-order valence-electron chi connectivity index (χ0n) is 20.7. The quantitative estimate of drug-likeness (QED) is 0.314. The number of aliphatic hydroxyl groups excluding tert-OH is 1. The number of nitrogens with one attached hydrogen (secondary N) is 1. The molecule has 0 bridgehead atoms. The zero-order chi connectivity index (χ0) is 27.1. The van der Waals surface area contributed by atoms with Gasteiger partial charge in [-0.3, -0.25) is 9.59 Å². The summed E-state index contributed by atoms with van der Waals surface area (Å²) >= 11 is 3.37. The van der Waals surface area contributed by atoms with Crippen molar-refractivity contribution in [1.82, 2.24) is 14.9 Å². The largest absolute Gasteiger partial charge is 0.458 e. The molecule has 2 aromatic heterocycles. The summed E-state index contributed by atoms with van der Waals surface area (Å²) in [4.78, 5) is 43.5. The van der Waals surface area contributed by atoms with Gasteiger partial charge in [-0.1, -0.05) is 6.92 Å². The van der Waals surface area contributed by atoms with Gasteiger partial charge in [-0.25, -0.2) is 14.2 Å². The fourth-order valence-corrected chi connectivity index (χ4v) is 6.53. The van der Waals surface area contributed by atoms with E-state index in [0.29, 0.717) is 39.8 Å². The predicted molar refractivity (Wildman–Crippen MR) is 138 cm³/mol. The van der Waals surface area contributed by atoms with Crippen molar-refractivity contribution < 1.29 is 28.9 Å². The van der Waals surface area contributed by atoms with Gasteiger partial charge in [0.1, 0.15) is 12.4 Å². The van der Waals surface area contributed by atoms with E-state index in [1.807, 2.05) is 0 Å². The molecule has 1 amide bonds. The van der Waals surface area contributed by atoms with Crippen molar-refractivity contribution in [3.8, 4) is 11.4 Å². The number of carbonyl (C=O) groups excluding carboxylic acids is 2. The van der Waals surface area contributed by atoms with Crippen LogP contribution in [-0.4, -0.2) is 37.7 Å². The van der Waals surface area contributed by atoms with Crippen molar-refractivity contribution in [3.63, 3.8) is 0 Å². The Labute approximate surface area is 224 Å². The molecule has 38 heavy (non-hydrogen) atoms. The molecule has 0 radical (unpaired) electrons. The van der Waals surface area contributed by atoms with Crippen molar-refractivity contribution >= 4 is 38.7 Å². The molecule has 1 aromatic carbocycles. The summed E-state index contributed by atoms with van der Waals surface area (Å²) in [6.07, 6.45) is 0.125. The fourth-order valence-electron chi connectivity index (χ4n) is 6.02. The van der Waals surface area contributed by atoms with Crippen LogP contribution in [0.15, 0.2) is 21.4 Å². The first kappa shape index (κ1) is 25.1. The molecule has 1 aliphatic carbocycles. The number of rotatable bonds is 4. The van der Waals surface area contributed by atoms with Crippen LogP contribution in [0.1, 0.15) is 67.0 Å². The number of aromatic nitrogens is 2. The molecule has 11 heteroatoms. The molecule has 3 atom stereocenters. The zero-order valence-corrected chi connectivity index (χ0v) is 22.3. The summed E-state index contributed by atoms with van der Waals surface area (Å²) in [5, 5.41) is 24.6. The number of amides is 1. The summed E-state index contributed by atoms with van der Waals surface area (Å²) < 4.78 is 21.9. The van der Waals surface area contributed by atoms with Gasteiger partial charge in [0.15, 0.2) is 5.60 Å². The number of fused-ring (bicyclic) bond motifs is 5. The second kappa shape index (κ2) is 8.69. The molecule has 4 heterocycles. The normalized spacial score (nSPS) is 21.9. The Bertz CT molecular complexity index is 1630. The van der Waals surface area contributed by atoms with E-state index in [9.17, 15) is 29.0 Å². The molecule has 6 rings (SSSR count). The highest BCUT2D eigenvalue weighted by molar-refractivity contribution is 9.10. The number of nitrogens with zero attached hydrogens (tertiary/aromatic N) is 2. The van der Waals surface area contributed by atoms with Gasteiger partial charge in [0.2, 0.25) is 5.91 Å². The van der Waals surface area contributed by atoms with Crippen LogP contribution in [0.25, 0.3) is 22.3 Å². The van der Waals surface area contributed by atoms with Crippen molar-refractivity contribution in [2.75, 3.05) is 0 Å². The van der Waals surface area contributed by atoms with E-state index in [0.717, 1.165) is 16.5 Å². The van der Waals surface area contributed by atoms with E-state index >= 15 is 0 Å². The van der Waals surface area contributed by atoms with Gasteiger partial charge >= 0.3 is 5.97 Å². The van der Waals surface area contributed by atoms with Crippen LogP contribution in [0.2, 0.25) is 0 Å². The standard InChI is InChI=1S/C27H25BrFN3O6/c1-3-27(37)15-7-19-24-13(9-32(19)25(35)14(15)10-38-26(27)36)22-17(30-20(34)6-11(2)33)5-4-12-21(22)18(31-24)8-16(29)23(12)28/h7-8,11,17,33,37H,3-6,9-10H2,1-2H3,(H,30,34)/t11-,17-,27-/m0/s1. The van der Waals surface area contributed by atoms with Crippen LogP contribution in [0, 0.1) is 5.82 Å². The van der Waals surface area contributed by atoms with Crippen LogP contribution in [0.4, 0.5) is 4.39 Å². The number of aryl methyl sites for hydroxylation is 1. The molecule has 9 nitrogen and oxygen atoms in total. The Morgan fingerprint density at radius 2 is 2.11 bits per heavy atom. The minimum atomic E-state index is -1.96. The number of pyridine rings is 2. The lowest BCUT2D eigenvalue weighted by Crippen LogP contribution is -2.44.